The lowest BCUT2D eigenvalue weighted by Gasteiger charge is -2.45. The van der Waals surface area contributed by atoms with E-state index in [1.54, 1.807) is 12.1 Å². The van der Waals surface area contributed by atoms with Crippen molar-refractivity contribution in [2.45, 2.75) is 50.2 Å². The molecule has 1 aromatic carbocycles. The van der Waals surface area contributed by atoms with Crippen molar-refractivity contribution >= 4 is 0 Å². The minimum atomic E-state index is -0.163. The first-order valence-electron chi connectivity index (χ1n) is 7.14. The maximum Gasteiger partial charge on any atom is 0.123 e. The van der Waals surface area contributed by atoms with E-state index < -0.39 is 0 Å². The fourth-order valence-corrected chi connectivity index (χ4v) is 3.35. The molecule has 0 amide bonds. The number of hydrogen-bond donors (Lipinski definition) is 1. The standard InChI is InChI=1S/C16H22FNO/c1-15(2)8-7-14(19-15)9-16(10-18-11-16)12-3-5-13(17)6-4-12/h3-6,14,18H,7-11H2,1-2H3. The lowest BCUT2D eigenvalue weighted by Crippen LogP contribution is -2.58. The van der Waals surface area contributed by atoms with Gasteiger partial charge in [-0.2, -0.15) is 0 Å². The number of rotatable bonds is 3. The highest BCUT2D eigenvalue weighted by molar-refractivity contribution is 5.30. The summed E-state index contributed by atoms with van der Waals surface area (Å²) in [6.45, 7) is 6.27. The molecule has 1 unspecified atom stereocenters. The molecule has 2 heterocycles. The predicted octanol–water partition coefficient (Wildman–Crippen LogP) is 3.01. The SMILES string of the molecule is CC1(C)CCC(CC2(c3ccc(F)cc3)CNC2)O1. The Bertz CT molecular complexity index is 450. The van der Waals surface area contributed by atoms with E-state index in [-0.39, 0.29) is 16.8 Å². The van der Waals surface area contributed by atoms with Crippen molar-refractivity contribution in [3.63, 3.8) is 0 Å². The van der Waals surface area contributed by atoms with E-state index in [2.05, 4.69) is 19.2 Å². The molecule has 0 saturated carbocycles. The van der Waals surface area contributed by atoms with Gasteiger partial charge in [-0.05, 0) is 50.8 Å². The van der Waals surface area contributed by atoms with Gasteiger partial charge >= 0.3 is 0 Å². The first kappa shape index (κ1) is 13.1. The first-order valence-corrected chi connectivity index (χ1v) is 7.14. The summed E-state index contributed by atoms with van der Waals surface area (Å²) in [4.78, 5) is 0. The molecule has 2 nitrogen and oxygen atoms in total. The molecular weight excluding hydrogens is 241 g/mol. The second-order valence-electron chi connectivity index (χ2n) is 6.63. The number of halogens is 1. The average Bonchev–Trinajstić information content (AvgIpc) is 2.65. The molecule has 104 valence electrons. The zero-order chi connectivity index (χ0) is 13.5. The lowest BCUT2D eigenvalue weighted by atomic mass is 9.71. The summed E-state index contributed by atoms with van der Waals surface area (Å²) in [6.07, 6.45) is 3.64. The van der Waals surface area contributed by atoms with Crippen molar-refractivity contribution < 1.29 is 9.13 Å². The molecule has 2 aliphatic heterocycles. The van der Waals surface area contributed by atoms with Crippen LogP contribution in [0.1, 0.15) is 38.7 Å². The van der Waals surface area contributed by atoms with Gasteiger partial charge in [0.05, 0.1) is 11.7 Å². The van der Waals surface area contributed by atoms with E-state index in [0.717, 1.165) is 32.4 Å². The summed E-state index contributed by atoms with van der Waals surface area (Å²) in [5, 5.41) is 3.36. The van der Waals surface area contributed by atoms with Crippen LogP contribution in [0.4, 0.5) is 4.39 Å². The van der Waals surface area contributed by atoms with Gasteiger partial charge in [0, 0.05) is 18.5 Å². The molecule has 2 aliphatic rings. The van der Waals surface area contributed by atoms with Crippen molar-refractivity contribution in [3.8, 4) is 0 Å². The molecule has 1 atom stereocenters. The Morgan fingerprint density at radius 3 is 2.42 bits per heavy atom. The summed E-state index contributed by atoms with van der Waals surface area (Å²) >= 11 is 0. The predicted molar refractivity (Wildman–Crippen MR) is 73.8 cm³/mol. The van der Waals surface area contributed by atoms with Crippen molar-refractivity contribution in [2.75, 3.05) is 13.1 Å². The summed E-state index contributed by atoms with van der Waals surface area (Å²) in [7, 11) is 0. The molecule has 0 aliphatic carbocycles. The summed E-state index contributed by atoms with van der Waals surface area (Å²) < 4.78 is 19.2. The van der Waals surface area contributed by atoms with Gasteiger partial charge in [0.15, 0.2) is 0 Å². The smallest absolute Gasteiger partial charge is 0.123 e. The number of benzene rings is 1. The van der Waals surface area contributed by atoms with Crippen LogP contribution < -0.4 is 5.32 Å². The van der Waals surface area contributed by atoms with Gasteiger partial charge < -0.3 is 10.1 Å². The Morgan fingerprint density at radius 2 is 1.95 bits per heavy atom. The van der Waals surface area contributed by atoms with Gasteiger partial charge in [-0.15, -0.1) is 0 Å². The minimum Gasteiger partial charge on any atom is -0.372 e. The Morgan fingerprint density at radius 1 is 1.26 bits per heavy atom. The maximum atomic E-state index is 13.1. The van der Waals surface area contributed by atoms with E-state index in [1.165, 1.54) is 5.56 Å². The van der Waals surface area contributed by atoms with Gasteiger partial charge in [-0.25, -0.2) is 4.39 Å². The van der Waals surface area contributed by atoms with Crippen LogP contribution in [0.5, 0.6) is 0 Å². The highest BCUT2D eigenvalue weighted by Gasteiger charge is 2.43. The summed E-state index contributed by atoms with van der Waals surface area (Å²) in [6, 6.07) is 6.98. The third-order valence-corrected chi connectivity index (χ3v) is 4.56. The van der Waals surface area contributed by atoms with Crippen molar-refractivity contribution in [1.29, 1.82) is 0 Å². The van der Waals surface area contributed by atoms with Gasteiger partial charge in [-0.1, -0.05) is 12.1 Å². The van der Waals surface area contributed by atoms with Crippen molar-refractivity contribution in [2.24, 2.45) is 0 Å². The van der Waals surface area contributed by atoms with Crippen LogP contribution in [0.2, 0.25) is 0 Å². The van der Waals surface area contributed by atoms with Gasteiger partial charge in [-0.3, -0.25) is 0 Å². The van der Waals surface area contributed by atoms with Crippen LogP contribution in [0.15, 0.2) is 24.3 Å². The van der Waals surface area contributed by atoms with E-state index in [1.807, 2.05) is 12.1 Å². The highest BCUT2D eigenvalue weighted by Crippen LogP contribution is 2.40. The molecule has 3 rings (SSSR count). The van der Waals surface area contributed by atoms with Crippen LogP contribution in [-0.4, -0.2) is 24.8 Å². The lowest BCUT2D eigenvalue weighted by molar-refractivity contribution is -0.0318. The monoisotopic (exact) mass is 263 g/mol. The van der Waals surface area contributed by atoms with Crippen LogP contribution in [0, 0.1) is 5.82 Å². The third kappa shape index (κ3) is 2.54. The number of nitrogens with one attached hydrogen (secondary N) is 1. The van der Waals surface area contributed by atoms with Crippen LogP contribution in [-0.2, 0) is 10.2 Å². The number of hydrogen-bond acceptors (Lipinski definition) is 2. The van der Waals surface area contributed by atoms with Gasteiger partial charge in [0.2, 0.25) is 0 Å². The molecule has 0 bridgehead atoms. The van der Waals surface area contributed by atoms with E-state index >= 15 is 0 Å². The molecule has 1 aromatic rings. The quantitative estimate of drug-likeness (QED) is 0.905. The zero-order valence-electron chi connectivity index (χ0n) is 11.7. The third-order valence-electron chi connectivity index (χ3n) is 4.56. The Labute approximate surface area is 114 Å². The molecule has 1 N–H and O–H groups in total. The minimum absolute atomic E-state index is 0.0197. The summed E-state index contributed by atoms with van der Waals surface area (Å²) in [5.74, 6) is -0.163. The van der Waals surface area contributed by atoms with Crippen LogP contribution >= 0.6 is 0 Å². The molecule has 3 heteroatoms. The normalized spacial score (nSPS) is 28.1. The van der Waals surface area contributed by atoms with Crippen molar-refractivity contribution in [1.82, 2.24) is 5.32 Å². The fourth-order valence-electron chi connectivity index (χ4n) is 3.35. The Kier molecular flexibility index (Phi) is 3.14. The first-order chi connectivity index (χ1) is 8.99. The second-order valence-corrected chi connectivity index (χ2v) is 6.63. The summed E-state index contributed by atoms with van der Waals surface area (Å²) in [5.41, 5.74) is 1.39. The second kappa shape index (κ2) is 4.57. The molecule has 0 spiro atoms. The molecule has 0 aromatic heterocycles. The Balaban J connectivity index is 1.75. The molecule has 19 heavy (non-hydrogen) atoms. The number of ether oxygens (including phenoxy) is 1. The maximum absolute atomic E-state index is 13.1. The molecular formula is C16H22FNO. The molecule has 2 fully saturated rings. The zero-order valence-corrected chi connectivity index (χ0v) is 11.7. The van der Waals surface area contributed by atoms with Crippen LogP contribution in [0.25, 0.3) is 0 Å². The van der Waals surface area contributed by atoms with Gasteiger partial charge in [0.25, 0.3) is 0 Å². The molecule has 0 radical (unpaired) electrons. The topological polar surface area (TPSA) is 21.3 Å². The van der Waals surface area contributed by atoms with Gasteiger partial charge in [0.1, 0.15) is 5.82 Å². The average molecular weight is 263 g/mol. The van der Waals surface area contributed by atoms with Crippen molar-refractivity contribution in [3.05, 3.63) is 35.6 Å². The highest BCUT2D eigenvalue weighted by atomic mass is 19.1. The largest absolute Gasteiger partial charge is 0.372 e. The molecule has 2 saturated heterocycles. The van der Waals surface area contributed by atoms with E-state index in [4.69, 9.17) is 4.74 Å². The van der Waals surface area contributed by atoms with Crippen LogP contribution in [0.3, 0.4) is 0 Å². The van der Waals surface area contributed by atoms with E-state index in [0.29, 0.717) is 6.10 Å². The van der Waals surface area contributed by atoms with E-state index in [9.17, 15) is 4.39 Å². The fraction of sp³-hybridized carbons (Fsp3) is 0.625. The Hall–Kier alpha value is -0.930.